The van der Waals surface area contributed by atoms with Gasteiger partial charge in [0.25, 0.3) is 11.6 Å². The summed E-state index contributed by atoms with van der Waals surface area (Å²) >= 11 is 0. The van der Waals surface area contributed by atoms with Gasteiger partial charge in [-0.3, -0.25) is 0 Å². The highest BCUT2D eigenvalue weighted by molar-refractivity contribution is 5.96. The predicted octanol–water partition coefficient (Wildman–Crippen LogP) is 3.03. The van der Waals surface area contributed by atoms with Crippen LogP contribution in [0.15, 0.2) is 42.5 Å². The molecule has 2 aromatic carbocycles. The van der Waals surface area contributed by atoms with Crippen LogP contribution in [-0.4, -0.2) is 41.8 Å². The number of aryl methyl sites for hydroxylation is 1. The van der Waals surface area contributed by atoms with E-state index in [1.54, 1.807) is 0 Å². The largest absolute Gasteiger partial charge is 0.486 e. The third-order valence-electron chi connectivity index (χ3n) is 5.89. The zero-order valence-electron chi connectivity index (χ0n) is 15.6. The van der Waals surface area contributed by atoms with Crippen molar-refractivity contribution in [2.75, 3.05) is 31.2 Å². The summed E-state index contributed by atoms with van der Waals surface area (Å²) in [7, 11) is 0. The zero-order chi connectivity index (χ0) is 18.4. The molecule has 0 unspecified atom stereocenters. The Labute approximate surface area is 159 Å². The highest BCUT2D eigenvalue weighted by atomic mass is 16.6. The van der Waals surface area contributed by atoms with Crippen LogP contribution in [0.1, 0.15) is 30.4 Å². The number of para-hydroxylation sites is 1. The van der Waals surface area contributed by atoms with E-state index in [1.165, 1.54) is 17.1 Å². The monoisotopic (exact) mass is 365 g/mol. The van der Waals surface area contributed by atoms with E-state index in [0.717, 1.165) is 42.9 Å². The third kappa shape index (κ3) is 2.60. The molecule has 2 aromatic rings. The molecular formula is C22H25N2O3+. The SMILES string of the molecule is Cc1ccccc1N1C[C@](O)(c2ccc3c(c2)OCCO3)[N+]2=C1CCCC2. The maximum atomic E-state index is 11.8. The van der Waals surface area contributed by atoms with Crippen LogP contribution in [0.4, 0.5) is 5.69 Å². The lowest BCUT2D eigenvalue weighted by atomic mass is 10.0. The van der Waals surface area contributed by atoms with Crippen molar-refractivity contribution in [3.63, 3.8) is 0 Å². The molecule has 0 aromatic heterocycles. The Kier molecular flexibility index (Phi) is 3.86. The first kappa shape index (κ1) is 16.6. The first-order valence-corrected chi connectivity index (χ1v) is 9.76. The first-order chi connectivity index (χ1) is 13.2. The topological polar surface area (TPSA) is 44.9 Å². The second kappa shape index (κ2) is 6.27. The number of anilines is 1. The molecule has 1 atom stereocenters. The number of benzene rings is 2. The summed E-state index contributed by atoms with van der Waals surface area (Å²) in [5, 5.41) is 11.8. The maximum Gasteiger partial charge on any atom is 0.271 e. The van der Waals surface area contributed by atoms with Crippen molar-refractivity contribution in [1.29, 1.82) is 0 Å². The molecule has 3 aliphatic heterocycles. The first-order valence-electron chi connectivity index (χ1n) is 9.76. The van der Waals surface area contributed by atoms with E-state index >= 15 is 0 Å². The number of nitrogens with zero attached hydrogens (tertiary/aromatic N) is 2. The fourth-order valence-corrected chi connectivity index (χ4v) is 4.52. The Morgan fingerprint density at radius 2 is 1.85 bits per heavy atom. The Bertz CT molecular complexity index is 924. The van der Waals surface area contributed by atoms with Crippen molar-refractivity contribution in [3.05, 3.63) is 53.6 Å². The molecule has 3 aliphatic rings. The predicted molar refractivity (Wildman–Crippen MR) is 104 cm³/mol. The van der Waals surface area contributed by atoms with Gasteiger partial charge in [-0.05, 0) is 49.6 Å². The Morgan fingerprint density at radius 1 is 1.04 bits per heavy atom. The molecule has 3 heterocycles. The minimum Gasteiger partial charge on any atom is -0.486 e. The molecule has 0 bridgehead atoms. The molecular weight excluding hydrogens is 340 g/mol. The molecule has 0 spiro atoms. The summed E-state index contributed by atoms with van der Waals surface area (Å²) in [4.78, 5) is 2.30. The Hall–Kier alpha value is -2.53. The summed E-state index contributed by atoms with van der Waals surface area (Å²) < 4.78 is 13.6. The van der Waals surface area contributed by atoms with E-state index < -0.39 is 5.72 Å². The van der Waals surface area contributed by atoms with Crippen molar-refractivity contribution < 1.29 is 19.2 Å². The molecule has 0 fully saturated rings. The summed E-state index contributed by atoms with van der Waals surface area (Å²) in [5.74, 6) is 2.69. The fourth-order valence-electron chi connectivity index (χ4n) is 4.52. The lowest BCUT2D eigenvalue weighted by Crippen LogP contribution is -2.41. The van der Waals surface area contributed by atoms with Gasteiger partial charge in [0.05, 0.1) is 6.54 Å². The summed E-state index contributed by atoms with van der Waals surface area (Å²) in [6.45, 7) is 4.63. The van der Waals surface area contributed by atoms with Crippen molar-refractivity contribution in [2.24, 2.45) is 0 Å². The lowest BCUT2D eigenvalue weighted by molar-refractivity contribution is -0.661. The standard InChI is InChI=1S/C22H25N2O3/c1-16-6-2-3-7-18(16)23-15-22(25,24-11-5-4-8-21(23)24)17-9-10-19-20(14-17)27-13-12-26-19/h2-3,6-7,9-10,14,25H,4-5,8,11-13,15H2,1H3/q+1/t22-/m0/s1. The Balaban J connectivity index is 1.60. The van der Waals surface area contributed by atoms with Crippen molar-refractivity contribution in [3.8, 4) is 11.5 Å². The summed E-state index contributed by atoms with van der Waals surface area (Å²) in [6.07, 6.45) is 3.24. The van der Waals surface area contributed by atoms with Crippen LogP contribution in [0.25, 0.3) is 0 Å². The minimum absolute atomic E-state index is 0.521. The van der Waals surface area contributed by atoms with Crippen LogP contribution >= 0.6 is 0 Å². The van der Waals surface area contributed by atoms with Gasteiger partial charge in [0.15, 0.2) is 18.0 Å². The van der Waals surface area contributed by atoms with Gasteiger partial charge in [0.1, 0.15) is 18.9 Å². The average Bonchev–Trinajstić information content (AvgIpc) is 3.02. The van der Waals surface area contributed by atoms with Crippen molar-refractivity contribution in [1.82, 2.24) is 0 Å². The number of fused-ring (bicyclic) bond motifs is 1. The molecule has 0 amide bonds. The molecule has 140 valence electrons. The number of amidine groups is 1. The smallest absolute Gasteiger partial charge is 0.271 e. The van der Waals surface area contributed by atoms with E-state index in [9.17, 15) is 5.11 Å². The van der Waals surface area contributed by atoms with E-state index in [4.69, 9.17) is 9.47 Å². The maximum absolute atomic E-state index is 11.8. The quantitative estimate of drug-likeness (QED) is 0.831. The van der Waals surface area contributed by atoms with Gasteiger partial charge in [-0.25, -0.2) is 9.48 Å². The highest BCUT2D eigenvalue weighted by Gasteiger charge is 2.53. The molecule has 0 aliphatic carbocycles. The van der Waals surface area contributed by atoms with Gasteiger partial charge in [-0.1, -0.05) is 18.2 Å². The summed E-state index contributed by atoms with van der Waals surface area (Å²) in [6, 6.07) is 14.2. The van der Waals surface area contributed by atoms with Crippen molar-refractivity contribution >= 4 is 11.5 Å². The number of hydrogen-bond donors (Lipinski definition) is 1. The number of β-amino-alcohol motifs (C(OH)–C–C–N with tert-alkyl or cyclic N) is 1. The molecule has 5 nitrogen and oxygen atoms in total. The number of hydrogen-bond acceptors (Lipinski definition) is 4. The Morgan fingerprint density at radius 3 is 2.70 bits per heavy atom. The number of aliphatic hydroxyl groups is 1. The van der Waals surface area contributed by atoms with E-state index in [0.29, 0.717) is 19.8 Å². The zero-order valence-corrected chi connectivity index (χ0v) is 15.6. The van der Waals surface area contributed by atoms with Crippen LogP contribution < -0.4 is 14.4 Å². The van der Waals surface area contributed by atoms with E-state index in [-0.39, 0.29) is 0 Å². The number of rotatable bonds is 2. The van der Waals surface area contributed by atoms with Gasteiger partial charge in [-0.15, -0.1) is 0 Å². The van der Waals surface area contributed by atoms with E-state index in [1.807, 2.05) is 18.2 Å². The van der Waals surface area contributed by atoms with Crippen LogP contribution in [0.5, 0.6) is 11.5 Å². The van der Waals surface area contributed by atoms with Crippen LogP contribution in [0.2, 0.25) is 0 Å². The van der Waals surface area contributed by atoms with Gasteiger partial charge in [0.2, 0.25) is 0 Å². The van der Waals surface area contributed by atoms with E-state index in [2.05, 4.69) is 40.7 Å². The highest BCUT2D eigenvalue weighted by Crippen LogP contribution is 2.40. The molecule has 5 heteroatoms. The molecule has 0 saturated carbocycles. The normalized spacial score (nSPS) is 24.1. The van der Waals surface area contributed by atoms with Gasteiger partial charge < -0.3 is 14.6 Å². The average molecular weight is 365 g/mol. The van der Waals surface area contributed by atoms with Crippen molar-refractivity contribution in [2.45, 2.75) is 31.9 Å². The molecule has 1 N–H and O–H groups in total. The van der Waals surface area contributed by atoms with Crippen LogP contribution in [-0.2, 0) is 5.72 Å². The fraction of sp³-hybridized carbons (Fsp3) is 0.409. The summed E-state index contributed by atoms with van der Waals surface area (Å²) in [5.41, 5.74) is 2.20. The molecule has 5 rings (SSSR count). The van der Waals surface area contributed by atoms with Gasteiger partial charge in [-0.2, -0.15) is 0 Å². The molecule has 27 heavy (non-hydrogen) atoms. The van der Waals surface area contributed by atoms with Crippen LogP contribution in [0.3, 0.4) is 0 Å². The molecule has 0 saturated heterocycles. The minimum atomic E-state index is -1.06. The van der Waals surface area contributed by atoms with Crippen LogP contribution in [0, 0.1) is 6.92 Å². The second-order valence-electron chi connectivity index (χ2n) is 7.57. The van der Waals surface area contributed by atoms with Gasteiger partial charge in [0, 0.05) is 12.0 Å². The second-order valence-corrected chi connectivity index (χ2v) is 7.57. The third-order valence-corrected chi connectivity index (χ3v) is 5.89. The van der Waals surface area contributed by atoms with Gasteiger partial charge >= 0.3 is 0 Å². The number of ether oxygens (including phenoxy) is 2. The lowest BCUT2D eigenvalue weighted by Gasteiger charge is -2.26. The molecule has 0 radical (unpaired) electrons.